The number of rotatable bonds is 17. The molecule has 8 aromatic carbocycles. The van der Waals surface area contributed by atoms with Crippen LogP contribution in [0.4, 0.5) is 13.2 Å². The molecular formula is C63H49F3N6O6. The first kappa shape index (κ1) is 50.3. The molecule has 0 spiro atoms. The molecule has 0 radical (unpaired) electrons. The summed E-state index contributed by atoms with van der Waals surface area (Å²) in [5.74, 6) is -1.75. The number of aliphatic hydroxyl groups is 1. The SMILES string of the molecule is COc1ccc(CNC(=O)c2cc3cc(F)ccc3[nH]2)cc1-c1cccc(C(NC(=O)c2cc3cc(F)ccc3[nH]2)C(Oc2ccc(C(NC(=O)c3cc4cc(F)ccc4[nH]3)[C@H](O)c3ccccc3)cc2)c2ccccc2)c1. The average Bonchev–Trinajstić information content (AvgIpc) is 4.25. The third-order valence-electron chi connectivity index (χ3n) is 13.7. The maximum Gasteiger partial charge on any atom is 0.268 e. The van der Waals surface area contributed by atoms with Gasteiger partial charge in [0.25, 0.3) is 17.7 Å². The van der Waals surface area contributed by atoms with E-state index in [0.717, 1.165) is 11.1 Å². The summed E-state index contributed by atoms with van der Waals surface area (Å²) < 4.78 is 55.3. The zero-order valence-electron chi connectivity index (χ0n) is 41.7. The van der Waals surface area contributed by atoms with Gasteiger partial charge in [-0.3, -0.25) is 14.4 Å². The van der Waals surface area contributed by atoms with E-state index in [1.807, 2.05) is 78.9 Å². The molecule has 3 heterocycles. The minimum Gasteiger partial charge on any atom is -0.496 e. The van der Waals surface area contributed by atoms with Crippen molar-refractivity contribution < 1.29 is 42.1 Å². The summed E-state index contributed by atoms with van der Waals surface area (Å²) in [6, 6.07) is 54.0. The summed E-state index contributed by atoms with van der Waals surface area (Å²) in [6.07, 6.45) is -2.09. The van der Waals surface area contributed by atoms with Gasteiger partial charge in [0.05, 0.1) is 19.2 Å². The monoisotopic (exact) mass is 1040 g/mol. The minimum atomic E-state index is -1.19. The molecule has 0 aliphatic rings. The van der Waals surface area contributed by atoms with Gasteiger partial charge in [-0.25, -0.2) is 13.2 Å². The second-order valence-corrected chi connectivity index (χ2v) is 18.9. The Labute approximate surface area is 444 Å². The highest BCUT2D eigenvalue weighted by atomic mass is 19.1. The van der Waals surface area contributed by atoms with Crippen LogP contribution in [-0.4, -0.2) is 44.9 Å². The second-order valence-electron chi connectivity index (χ2n) is 18.9. The number of benzene rings is 8. The number of H-pyrrole nitrogens is 3. The van der Waals surface area contributed by atoms with E-state index in [1.165, 1.54) is 36.4 Å². The molecule has 388 valence electrons. The Morgan fingerprint density at radius 1 is 0.500 bits per heavy atom. The van der Waals surface area contributed by atoms with Crippen LogP contribution in [0.25, 0.3) is 43.8 Å². The van der Waals surface area contributed by atoms with Crippen LogP contribution >= 0.6 is 0 Å². The number of hydrogen-bond donors (Lipinski definition) is 7. The van der Waals surface area contributed by atoms with E-state index >= 15 is 0 Å². The van der Waals surface area contributed by atoms with Crippen molar-refractivity contribution >= 4 is 50.4 Å². The van der Waals surface area contributed by atoms with E-state index < -0.39 is 53.6 Å². The molecule has 0 aliphatic heterocycles. The van der Waals surface area contributed by atoms with E-state index in [2.05, 4.69) is 30.9 Å². The predicted octanol–water partition coefficient (Wildman–Crippen LogP) is 12.6. The Morgan fingerprint density at radius 2 is 1.01 bits per heavy atom. The summed E-state index contributed by atoms with van der Waals surface area (Å²) in [5, 5.41) is 22.7. The van der Waals surface area contributed by atoms with Crippen molar-refractivity contribution in [1.29, 1.82) is 0 Å². The number of amides is 3. The third-order valence-corrected chi connectivity index (χ3v) is 13.7. The predicted molar refractivity (Wildman–Crippen MR) is 292 cm³/mol. The van der Waals surface area contributed by atoms with E-state index in [0.29, 0.717) is 72.0 Å². The smallest absolute Gasteiger partial charge is 0.268 e. The molecule has 78 heavy (non-hydrogen) atoms. The first-order chi connectivity index (χ1) is 37.9. The molecule has 11 rings (SSSR count). The van der Waals surface area contributed by atoms with Gasteiger partial charge in [0.15, 0.2) is 0 Å². The van der Waals surface area contributed by atoms with Gasteiger partial charge in [0.2, 0.25) is 0 Å². The fourth-order valence-electron chi connectivity index (χ4n) is 9.78. The molecule has 0 aliphatic carbocycles. The largest absolute Gasteiger partial charge is 0.496 e. The van der Waals surface area contributed by atoms with Crippen molar-refractivity contribution in [2.45, 2.75) is 30.8 Å². The van der Waals surface area contributed by atoms with E-state index in [1.54, 1.807) is 92.0 Å². The maximum atomic E-state index is 14.6. The van der Waals surface area contributed by atoms with Gasteiger partial charge in [0, 0.05) is 44.8 Å². The van der Waals surface area contributed by atoms with Gasteiger partial charge >= 0.3 is 0 Å². The number of carbonyl (C=O) groups is 3. The lowest BCUT2D eigenvalue weighted by atomic mass is 9.92. The number of hydrogen-bond acceptors (Lipinski definition) is 6. The quantitative estimate of drug-likeness (QED) is 0.0478. The number of fused-ring (bicyclic) bond motifs is 3. The number of aromatic amines is 3. The van der Waals surface area contributed by atoms with Crippen molar-refractivity contribution in [1.82, 2.24) is 30.9 Å². The number of ether oxygens (including phenoxy) is 2. The van der Waals surface area contributed by atoms with Gasteiger partial charge < -0.3 is 45.5 Å². The Kier molecular flexibility index (Phi) is 14.0. The minimum absolute atomic E-state index is 0.153. The van der Waals surface area contributed by atoms with Crippen LogP contribution in [-0.2, 0) is 6.54 Å². The molecule has 3 amide bonds. The highest BCUT2D eigenvalue weighted by Gasteiger charge is 2.31. The molecule has 0 saturated carbocycles. The molecular weight excluding hydrogens is 994 g/mol. The van der Waals surface area contributed by atoms with Gasteiger partial charge in [-0.2, -0.15) is 0 Å². The normalized spacial score (nSPS) is 12.9. The molecule has 12 nitrogen and oxygen atoms in total. The number of methoxy groups -OCH3 is 1. The summed E-state index contributed by atoms with van der Waals surface area (Å²) in [7, 11) is 1.56. The zero-order valence-corrected chi connectivity index (χ0v) is 41.7. The van der Waals surface area contributed by atoms with Gasteiger partial charge in [-0.1, -0.05) is 97.1 Å². The summed E-state index contributed by atoms with van der Waals surface area (Å²) >= 11 is 0. The van der Waals surface area contributed by atoms with Crippen LogP contribution < -0.4 is 25.4 Å². The summed E-state index contributed by atoms with van der Waals surface area (Å²) in [6.45, 7) is 0.153. The Balaban J connectivity index is 0.929. The van der Waals surface area contributed by atoms with Crippen molar-refractivity contribution in [2.75, 3.05) is 7.11 Å². The Hall–Kier alpha value is -9.86. The van der Waals surface area contributed by atoms with Crippen LogP contribution in [0.3, 0.4) is 0 Å². The molecule has 11 aromatic rings. The topological polar surface area (TPSA) is 173 Å². The highest BCUT2D eigenvalue weighted by Crippen LogP contribution is 2.39. The van der Waals surface area contributed by atoms with Crippen LogP contribution in [0.15, 0.2) is 200 Å². The molecule has 3 unspecified atom stereocenters. The maximum absolute atomic E-state index is 14.6. The van der Waals surface area contributed by atoms with Crippen molar-refractivity contribution in [3.05, 3.63) is 263 Å². The molecule has 7 N–H and O–H groups in total. The van der Waals surface area contributed by atoms with Crippen LogP contribution in [0.5, 0.6) is 11.5 Å². The lowest BCUT2D eigenvalue weighted by Crippen LogP contribution is -2.35. The third kappa shape index (κ3) is 10.8. The first-order valence-electron chi connectivity index (χ1n) is 25.0. The van der Waals surface area contributed by atoms with Crippen molar-refractivity contribution in [3.63, 3.8) is 0 Å². The fourth-order valence-corrected chi connectivity index (χ4v) is 9.78. The van der Waals surface area contributed by atoms with E-state index in [-0.39, 0.29) is 29.5 Å². The first-order valence-corrected chi connectivity index (χ1v) is 25.0. The fraction of sp³-hybridized carbons (Fsp3) is 0.0952. The number of halogens is 3. The molecule has 4 atom stereocenters. The lowest BCUT2D eigenvalue weighted by molar-refractivity contribution is 0.0825. The number of aliphatic hydroxyl groups excluding tert-OH is 1. The van der Waals surface area contributed by atoms with Crippen molar-refractivity contribution in [3.8, 4) is 22.6 Å². The van der Waals surface area contributed by atoms with Crippen LogP contribution in [0.2, 0.25) is 0 Å². The summed E-state index contributed by atoms with van der Waals surface area (Å²) in [4.78, 5) is 51.0. The number of nitrogens with one attached hydrogen (secondary N) is 6. The number of aromatic nitrogens is 3. The van der Waals surface area contributed by atoms with E-state index in [9.17, 15) is 32.7 Å². The molecule has 3 aromatic heterocycles. The average molecular weight is 1040 g/mol. The van der Waals surface area contributed by atoms with Crippen LogP contribution in [0.1, 0.15) is 83.6 Å². The molecule has 15 heteroatoms. The van der Waals surface area contributed by atoms with Crippen molar-refractivity contribution in [2.24, 2.45) is 0 Å². The lowest BCUT2D eigenvalue weighted by Gasteiger charge is -2.30. The Morgan fingerprint density at radius 3 is 1.56 bits per heavy atom. The Bertz CT molecular complexity index is 3990. The van der Waals surface area contributed by atoms with Gasteiger partial charge in [-0.05, 0) is 137 Å². The zero-order chi connectivity index (χ0) is 53.9. The molecule has 0 saturated heterocycles. The molecule has 0 bridgehead atoms. The van der Waals surface area contributed by atoms with Gasteiger partial charge in [-0.15, -0.1) is 0 Å². The van der Waals surface area contributed by atoms with Crippen LogP contribution in [0, 0.1) is 17.5 Å². The second kappa shape index (κ2) is 21.8. The highest BCUT2D eigenvalue weighted by molar-refractivity contribution is 6.00. The van der Waals surface area contributed by atoms with Gasteiger partial charge in [0.1, 0.15) is 58.2 Å². The number of carbonyl (C=O) groups excluding carboxylic acids is 3. The van der Waals surface area contributed by atoms with E-state index in [4.69, 9.17) is 9.47 Å². The standard InChI is InChI=1S/C63H49F3N6O6/c1-77-56-26-15-36(35-67-61(74)53-32-42-29-45(64)18-23-50(42)68-53)27-49(56)40-13-8-14-41(28-40)58(72-63(76)55-34-44-31-47(66)20-25-52(44)70-55)60(39-11-6-3-7-12-39)78-48-21-16-37(17-22-48)57(59(73)38-9-4-2-5-10-38)71-62(75)54-33-43-30-46(65)19-24-51(43)69-54/h2-34,57-60,68-70,73H,35H2,1H3,(H,67,74)(H,71,75)(H,72,76)/t57?,58?,59-,60?/m1/s1. The molecule has 0 fully saturated rings. The summed E-state index contributed by atoms with van der Waals surface area (Å²) in [5.41, 5.74) is 7.05.